The number of carbonyl (C=O) groups excluding carboxylic acids is 2. The number of nitrogens with one attached hydrogen (secondary N) is 1. The summed E-state index contributed by atoms with van der Waals surface area (Å²) in [6.07, 6.45) is 5.70. The van der Waals surface area contributed by atoms with Gasteiger partial charge in [-0.2, -0.15) is 0 Å². The Hall–Kier alpha value is -3.55. The van der Waals surface area contributed by atoms with Gasteiger partial charge in [-0.05, 0) is 36.8 Å². The molecule has 4 rings (SSSR count). The first kappa shape index (κ1) is 18.8. The SMILES string of the molecule is COC1=CC=C(OC)C2C=C(CCNC(=O)c3ccc4c(c3)OCO4)C(=O)N=C12. The van der Waals surface area contributed by atoms with E-state index in [1.165, 1.54) is 7.11 Å². The maximum absolute atomic E-state index is 12.4. The van der Waals surface area contributed by atoms with E-state index in [0.29, 0.717) is 52.8 Å². The van der Waals surface area contributed by atoms with Gasteiger partial charge in [0.05, 0.1) is 20.1 Å². The van der Waals surface area contributed by atoms with Crippen LogP contribution < -0.4 is 14.8 Å². The molecule has 1 atom stereocenters. The average molecular weight is 396 g/mol. The quantitative estimate of drug-likeness (QED) is 0.792. The second-order valence-corrected chi connectivity index (χ2v) is 6.55. The van der Waals surface area contributed by atoms with E-state index in [-0.39, 0.29) is 24.5 Å². The van der Waals surface area contributed by atoms with Gasteiger partial charge >= 0.3 is 0 Å². The highest BCUT2D eigenvalue weighted by Crippen LogP contribution is 2.33. The minimum atomic E-state index is -0.339. The molecule has 0 fully saturated rings. The zero-order chi connectivity index (χ0) is 20.4. The molecule has 150 valence electrons. The van der Waals surface area contributed by atoms with E-state index in [2.05, 4.69) is 10.3 Å². The zero-order valence-electron chi connectivity index (χ0n) is 16.1. The molecule has 0 radical (unpaired) electrons. The molecule has 3 aliphatic rings. The lowest BCUT2D eigenvalue weighted by Crippen LogP contribution is -2.30. The van der Waals surface area contributed by atoms with Crippen LogP contribution >= 0.6 is 0 Å². The van der Waals surface area contributed by atoms with Gasteiger partial charge in [-0.1, -0.05) is 6.08 Å². The molecule has 1 aliphatic carbocycles. The summed E-state index contributed by atoms with van der Waals surface area (Å²) in [5.74, 6) is 1.51. The maximum Gasteiger partial charge on any atom is 0.273 e. The summed E-state index contributed by atoms with van der Waals surface area (Å²) in [4.78, 5) is 29.0. The molecular weight excluding hydrogens is 376 g/mol. The van der Waals surface area contributed by atoms with Gasteiger partial charge in [-0.15, -0.1) is 0 Å². The zero-order valence-corrected chi connectivity index (χ0v) is 16.1. The first-order valence-corrected chi connectivity index (χ1v) is 9.12. The van der Waals surface area contributed by atoms with Crippen molar-refractivity contribution in [3.63, 3.8) is 0 Å². The van der Waals surface area contributed by atoms with Gasteiger partial charge < -0.3 is 24.3 Å². The van der Waals surface area contributed by atoms with E-state index in [4.69, 9.17) is 18.9 Å². The molecule has 0 spiro atoms. The Balaban J connectivity index is 1.41. The molecule has 0 saturated heterocycles. The summed E-state index contributed by atoms with van der Waals surface area (Å²) >= 11 is 0. The summed E-state index contributed by atoms with van der Waals surface area (Å²) < 4.78 is 21.2. The van der Waals surface area contributed by atoms with Gasteiger partial charge in [0.2, 0.25) is 6.79 Å². The van der Waals surface area contributed by atoms with Crippen LogP contribution in [0.5, 0.6) is 11.5 Å². The molecule has 8 nitrogen and oxygen atoms in total. The van der Waals surface area contributed by atoms with Crippen LogP contribution in [-0.2, 0) is 14.3 Å². The second-order valence-electron chi connectivity index (χ2n) is 6.55. The van der Waals surface area contributed by atoms with Crippen LogP contribution in [0.15, 0.2) is 58.5 Å². The predicted molar refractivity (Wildman–Crippen MR) is 104 cm³/mol. The van der Waals surface area contributed by atoms with Crippen LogP contribution in [0.4, 0.5) is 0 Å². The van der Waals surface area contributed by atoms with E-state index >= 15 is 0 Å². The van der Waals surface area contributed by atoms with Crippen LogP contribution in [0.25, 0.3) is 0 Å². The molecule has 2 aliphatic heterocycles. The third-order valence-corrected chi connectivity index (χ3v) is 4.89. The number of carbonyl (C=O) groups is 2. The van der Waals surface area contributed by atoms with E-state index in [0.717, 1.165) is 0 Å². The average Bonchev–Trinajstić information content (AvgIpc) is 3.21. The van der Waals surface area contributed by atoms with Crippen LogP contribution in [0.2, 0.25) is 0 Å². The van der Waals surface area contributed by atoms with Crippen molar-refractivity contribution in [3.05, 3.63) is 59.1 Å². The number of rotatable bonds is 6. The lowest BCUT2D eigenvalue weighted by Gasteiger charge is -2.26. The predicted octanol–water partition coefficient (Wildman–Crippen LogP) is 2.13. The van der Waals surface area contributed by atoms with Crippen molar-refractivity contribution in [2.45, 2.75) is 6.42 Å². The van der Waals surface area contributed by atoms with Crippen molar-refractivity contribution in [1.29, 1.82) is 0 Å². The first-order valence-electron chi connectivity index (χ1n) is 9.12. The third-order valence-electron chi connectivity index (χ3n) is 4.89. The number of nitrogens with zero attached hydrogens (tertiary/aromatic N) is 1. The molecule has 0 bridgehead atoms. The summed E-state index contributed by atoms with van der Waals surface area (Å²) in [5.41, 5.74) is 1.51. The van der Waals surface area contributed by atoms with Crippen molar-refractivity contribution in [2.24, 2.45) is 10.9 Å². The van der Waals surface area contributed by atoms with Crippen LogP contribution in [0.1, 0.15) is 16.8 Å². The molecule has 2 heterocycles. The molecule has 0 aromatic heterocycles. The Labute approximate surface area is 167 Å². The van der Waals surface area contributed by atoms with Gasteiger partial charge in [0, 0.05) is 17.7 Å². The topological polar surface area (TPSA) is 95.5 Å². The number of hydrogen-bond acceptors (Lipinski definition) is 6. The fourth-order valence-electron chi connectivity index (χ4n) is 3.38. The molecule has 0 saturated carbocycles. The van der Waals surface area contributed by atoms with E-state index in [1.54, 1.807) is 37.5 Å². The highest BCUT2D eigenvalue weighted by Gasteiger charge is 2.32. The van der Waals surface area contributed by atoms with Crippen LogP contribution in [-0.4, -0.2) is 45.1 Å². The number of ether oxygens (including phenoxy) is 4. The van der Waals surface area contributed by atoms with E-state index < -0.39 is 0 Å². The second kappa shape index (κ2) is 7.83. The van der Waals surface area contributed by atoms with E-state index in [9.17, 15) is 9.59 Å². The fraction of sp³-hybridized carbons (Fsp3) is 0.286. The molecular formula is C21H20N2O6. The lowest BCUT2D eigenvalue weighted by atomic mass is 9.89. The molecule has 1 unspecified atom stereocenters. The standard InChI is InChI=1S/C21H20N2O6/c1-26-15-5-6-17(27-2)19-14(15)9-13(21(25)23-19)7-8-22-20(24)12-3-4-16-18(10-12)29-11-28-16/h3-6,9-10,14H,7-8,11H2,1-2H3,(H,22,24). The molecule has 29 heavy (non-hydrogen) atoms. The van der Waals surface area contributed by atoms with Crippen LogP contribution in [0, 0.1) is 5.92 Å². The number of methoxy groups -OCH3 is 2. The van der Waals surface area contributed by atoms with Crippen LogP contribution in [0.3, 0.4) is 0 Å². The third kappa shape index (κ3) is 3.61. The lowest BCUT2D eigenvalue weighted by molar-refractivity contribution is -0.114. The van der Waals surface area contributed by atoms with Gasteiger partial charge in [-0.25, -0.2) is 4.99 Å². The maximum atomic E-state index is 12.4. The Morgan fingerprint density at radius 2 is 2.03 bits per heavy atom. The smallest absolute Gasteiger partial charge is 0.273 e. The molecule has 1 N–H and O–H groups in total. The van der Waals surface area contributed by atoms with Gasteiger partial charge in [0.25, 0.3) is 11.8 Å². The minimum Gasteiger partial charge on any atom is -0.500 e. The van der Waals surface area contributed by atoms with Crippen molar-refractivity contribution in [1.82, 2.24) is 5.32 Å². The number of aliphatic imine (C=N–C) groups is 1. The molecule has 1 aromatic carbocycles. The van der Waals surface area contributed by atoms with Gasteiger partial charge in [0.15, 0.2) is 11.5 Å². The summed E-state index contributed by atoms with van der Waals surface area (Å²) in [6.45, 7) is 0.444. The minimum absolute atomic E-state index is 0.151. The largest absolute Gasteiger partial charge is 0.500 e. The summed E-state index contributed by atoms with van der Waals surface area (Å²) in [5, 5.41) is 2.82. The number of amides is 2. The van der Waals surface area contributed by atoms with Crippen molar-refractivity contribution < 1.29 is 28.5 Å². The normalized spacial score (nSPS) is 19.4. The highest BCUT2D eigenvalue weighted by atomic mass is 16.7. The number of allylic oxidation sites excluding steroid dienone is 4. The molecule has 2 amide bonds. The highest BCUT2D eigenvalue weighted by molar-refractivity contribution is 6.15. The van der Waals surface area contributed by atoms with Crippen molar-refractivity contribution in [2.75, 3.05) is 27.6 Å². The summed E-state index contributed by atoms with van der Waals surface area (Å²) in [6, 6.07) is 5.00. The fourth-order valence-corrected chi connectivity index (χ4v) is 3.38. The molecule has 1 aromatic rings. The number of fused-ring (bicyclic) bond motifs is 2. The van der Waals surface area contributed by atoms with Gasteiger partial charge in [0.1, 0.15) is 17.2 Å². The van der Waals surface area contributed by atoms with Crippen molar-refractivity contribution in [3.8, 4) is 11.5 Å². The molecule has 8 heteroatoms. The Morgan fingerprint density at radius 1 is 1.21 bits per heavy atom. The Bertz CT molecular complexity index is 989. The van der Waals surface area contributed by atoms with Crippen molar-refractivity contribution >= 4 is 17.5 Å². The number of hydrogen-bond donors (Lipinski definition) is 1. The number of dihydropyridines is 1. The Morgan fingerprint density at radius 3 is 2.83 bits per heavy atom. The Kier molecular flexibility index (Phi) is 5.07. The number of benzene rings is 1. The van der Waals surface area contributed by atoms with Gasteiger partial charge in [-0.3, -0.25) is 9.59 Å². The summed E-state index contributed by atoms with van der Waals surface area (Å²) in [7, 11) is 3.11. The first-order chi connectivity index (χ1) is 14.1. The monoisotopic (exact) mass is 396 g/mol. The van der Waals surface area contributed by atoms with E-state index in [1.807, 2.05) is 6.08 Å².